The first-order chi connectivity index (χ1) is 8.67. The van der Waals surface area contributed by atoms with Crippen molar-refractivity contribution in [2.75, 3.05) is 6.61 Å². The van der Waals surface area contributed by atoms with Crippen LogP contribution in [0.25, 0.3) is 0 Å². The maximum absolute atomic E-state index is 11.7. The van der Waals surface area contributed by atoms with Gasteiger partial charge < -0.3 is 9.16 Å². The normalized spacial score (nSPS) is 25.2. The molecule has 3 nitrogen and oxygen atoms in total. The highest BCUT2D eigenvalue weighted by molar-refractivity contribution is 6.74. The topological polar surface area (TPSA) is 35.5 Å². The average molecular weight is 286 g/mol. The van der Waals surface area contributed by atoms with E-state index in [1.54, 1.807) is 0 Å². The lowest BCUT2D eigenvalue weighted by Crippen LogP contribution is -2.45. The average Bonchev–Trinajstić information content (AvgIpc) is 2.28. The highest BCUT2D eigenvalue weighted by Crippen LogP contribution is 2.39. The van der Waals surface area contributed by atoms with Crippen LogP contribution in [0.5, 0.6) is 0 Å². The lowest BCUT2D eigenvalue weighted by atomic mass is 9.87. The van der Waals surface area contributed by atoms with Crippen LogP contribution in [0.15, 0.2) is 0 Å². The second-order valence-electron chi connectivity index (χ2n) is 7.10. The molecule has 0 amide bonds. The molecule has 1 aliphatic rings. The minimum Gasteiger partial charge on any atom is -0.466 e. The number of carbonyl (C=O) groups excluding carboxylic acids is 1. The smallest absolute Gasteiger partial charge is 0.308 e. The highest BCUT2D eigenvalue weighted by atomic mass is 28.4. The molecule has 0 aromatic heterocycles. The maximum atomic E-state index is 11.7. The molecule has 19 heavy (non-hydrogen) atoms. The minimum atomic E-state index is -1.67. The number of carbonyl (C=O) groups is 1. The van der Waals surface area contributed by atoms with Crippen LogP contribution in [0, 0.1) is 5.92 Å². The monoisotopic (exact) mass is 286 g/mol. The van der Waals surface area contributed by atoms with Gasteiger partial charge in [0.15, 0.2) is 8.32 Å². The molecule has 1 saturated carbocycles. The molecule has 112 valence electrons. The largest absolute Gasteiger partial charge is 0.466 e. The van der Waals surface area contributed by atoms with Crippen LogP contribution >= 0.6 is 0 Å². The van der Waals surface area contributed by atoms with E-state index < -0.39 is 8.32 Å². The van der Waals surface area contributed by atoms with Crippen molar-refractivity contribution in [1.82, 2.24) is 0 Å². The Bertz CT molecular complexity index is 299. The van der Waals surface area contributed by atoms with Crippen molar-refractivity contribution in [3.05, 3.63) is 0 Å². The van der Waals surface area contributed by atoms with Gasteiger partial charge in [0.25, 0.3) is 0 Å². The summed E-state index contributed by atoms with van der Waals surface area (Å²) in [7, 11) is -1.67. The fourth-order valence-corrected chi connectivity index (χ4v) is 3.69. The summed E-state index contributed by atoms with van der Waals surface area (Å²) in [5, 5.41) is 0.255. The minimum absolute atomic E-state index is 0.0201. The first-order valence-corrected chi connectivity index (χ1v) is 10.4. The summed E-state index contributed by atoms with van der Waals surface area (Å²) in [6.07, 6.45) is 4.16. The van der Waals surface area contributed by atoms with Gasteiger partial charge in [0.05, 0.1) is 12.5 Å². The number of esters is 1. The molecule has 0 radical (unpaired) electrons. The Hall–Kier alpha value is -0.353. The van der Waals surface area contributed by atoms with Crippen LogP contribution in [0.2, 0.25) is 18.1 Å². The molecule has 0 N–H and O–H groups in total. The van der Waals surface area contributed by atoms with Crippen molar-refractivity contribution < 1.29 is 14.0 Å². The van der Waals surface area contributed by atoms with E-state index in [1.165, 1.54) is 0 Å². The molecular weight excluding hydrogens is 256 g/mol. The maximum Gasteiger partial charge on any atom is 0.308 e. The Morgan fingerprint density at radius 1 is 1.16 bits per heavy atom. The van der Waals surface area contributed by atoms with E-state index in [4.69, 9.17) is 9.16 Å². The molecule has 1 aliphatic carbocycles. The second kappa shape index (κ2) is 6.40. The number of hydrogen-bond acceptors (Lipinski definition) is 3. The number of hydrogen-bond donors (Lipinski definition) is 0. The van der Waals surface area contributed by atoms with E-state index in [-0.39, 0.29) is 16.9 Å². The van der Waals surface area contributed by atoms with Crippen LogP contribution in [-0.2, 0) is 14.0 Å². The zero-order chi connectivity index (χ0) is 14.7. The molecule has 0 spiro atoms. The molecule has 0 atom stereocenters. The van der Waals surface area contributed by atoms with Gasteiger partial charge in [0.1, 0.15) is 0 Å². The van der Waals surface area contributed by atoms with E-state index in [0.29, 0.717) is 12.7 Å². The molecular formula is C15H30O3Si. The predicted octanol–water partition coefficient (Wildman–Crippen LogP) is 4.13. The Morgan fingerprint density at radius 2 is 1.68 bits per heavy atom. The molecule has 0 aromatic rings. The van der Waals surface area contributed by atoms with Crippen LogP contribution in [0.1, 0.15) is 53.4 Å². The molecule has 1 fully saturated rings. The third kappa shape index (κ3) is 4.60. The summed E-state index contributed by atoms with van der Waals surface area (Å²) < 4.78 is 11.5. The van der Waals surface area contributed by atoms with Crippen LogP contribution in [0.4, 0.5) is 0 Å². The van der Waals surface area contributed by atoms with E-state index in [0.717, 1.165) is 25.7 Å². The van der Waals surface area contributed by atoms with Crippen molar-refractivity contribution in [2.24, 2.45) is 5.92 Å². The molecule has 0 heterocycles. The van der Waals surface area contributed by atoms with Gasteiger partial charge in [-0.25, -0.2) is 0 Å². The molecule has 4 heteroatoms. The third-order valence-electron chi connectivity index (χ3n) is 4.56. The van der Waals surface area contributed by atoms with Gasteiger partial charge in [-0.3, -0.25) is 4.79 Å². The van der Waals surface area contributed by atoms with Gasteiger partial charge in [0.2, 0.25) is 0 Å². The van der Waals surface area contributed by atoms with Crippen LogP contribution in [0.3, 0.4) is 0 Å². The van der Waals surface area contributed by atoms with Crippen molar-refractivity contribution >= 4 is 14.3 Å². The summed E-state index contributed by atoms with van der Waals surface area (Å²) in [4.78, 5) is 11.7. The molecule has 0 unspecified atom stereocenters. The van der Waals surface area contributed by atoms with Gasteiger partial charge in [-0.05, 0) is 50.7 Å². The van der Waals surface area contributed by atoms with Crippen molar-refractivity contribution in [2.45, 2.75) is 77.6 Å². The standard InChI is InChI=1S/C15H30O3Si/c1-7-17-14(16)12-8-10-13(11-9-12)18-19(5,6)15(2,3)4/h12-13H,7-11H2,1-6H3/t12-,13+. The van der Waals surface area contributed by atoms with E-state index in [2.05, 4.69) is 33.9 Å². The zero-order valence-electron chi connectivity index (χ0n) is 13.4. The summed E-state index contributed by atoms with van der Waals surface area (Å²) in [5.41, 5.74) is 0. The Kier molecular flexibility index (Phi) is 5.62. The summed E-state index contributed by atoms with van der Waals surface area (Å²) in [6, 6.07) is 0. The summed E-state index contributed by atoms with van der Waals surface area (Å²) in [6.45, 7) is 13.7. The van der Waals surface area contributed by atoms with Crippen LogP contribution < -0.4 is 0 Å². The van der Waals surface area contributed by atoms with Crippen molar-refractivity contribution in [3.8, 4) is 0 Å². The third-order valence-corrected chi connectivity index (χ3v) is 9.10. The van der Waals surface area contributed by atoms with Gasteiger partial charge >= 0.3 is 5.97 Å². The zero-order valence-corrected chi connectivity index (χ0v) is 14.4. The SMILES string of the molecule is CCOC(=O)[C@H]1CC[C@@H](O[Si](C)(C)C(C)(C)C)CC1. The Morgan fingerprint density at radius 3 is 2.11 bits per heavy atom. The molecule has 1 rings (SSSR count). The molecule has 0 bridgehead atoms. The number of ether oxygens (including phenoxy) is 1. The Labute approximate surface area is 119 Å². The summed E-state index contributed by atoms with van der Waals surface area (Å²) >= 11 is 0. The lowest BCUT2D eigenvalue weighted by molar-refractivity contribution is -0.149. The fourth-order valence-electron chi connectivity index (χ4n) is 2.27. The second-order valence-corrected chi connectivity index (χ2v) is 11.9. The van der Waals surface area contributed by atoms with Crippen molar-refractivity contribution in [1.29, 1.82) is 0 Å². The van der Waals surface area contributed by atoms with E-state index in [1.807, 2.05) is 6.92 Å². The van der Waals surface area contributed by atoms with E-state index in [9.17, 15) is 4.79 Å². The van der Waals surface area contributed by atoms with E-state index >= 15 is 0 Å². The van der Waals surface area contributed by atoms with Gasteiger partial charge in [-0.1, -0.05) is 20.8 Å². The van der Waals surface area contributed by atoms with Crippen LogP contribution in [-0.4, -0.2) is 27.0 Å². The van der Waals surface area contributed by atoms with Crippen molar-refractivity contribution in [3.63, 3.8) is 0 Å². The molecule has 0 aliphatic heterocycles. The first-order valence-electron chi connectivity index (χ1n) is 7.52. The molecule has 0 saturated heterocycles. The lowest BCUT2D eigenvalue weighted by Gasteiger charge is -2.41. The number of rotatable bonds is 4. The summed E-state index contributed by atoms with van der Waals surface area (Å²) in [5.74, 6) is 0.0764. The fraction of sp³-hybridized carbons (Fsp3) is 0.933. The van der Waals surface area contributed by atoms with Gasteiger partial charge in [0, 0.05) is 6.10 Å². The quantitative estimate of drug-likeness (QED) is 0.576. The molecule has 0 aromatic carbocycles. The Balaban J connectivity index is 2.45. The highest BCUT2D eigenvalue weighted by Gasteiger charge is 2.40. The van der Waals surface area contributed by atoms with Gasteiger partial charge in [-0.15, -0.1) is 0 Å². The van der Waals surface area contributed by atoms with Gasteiger partial charge in [-0.2, -0.15) is 0 Å². The predicted molar refractivity (Wildman–Crippen MR) is 80.7 cm³/mol. The first kappa shape index (κ1) is 16.7.